The van der Waals surface area contributed by atoms with Crippen LogP contribution in [0, 0.1) is 0 Å². The van der Waals surface area contributed by atoms with Gasteiger partial charge in [-0.15, -0.1) is 0 Å². The first-order valence-electron chi connectivity index (χ1n) is 5.96. The molecule has 0 saturated carbocycles. The molecule has 0 bridgehead atoms. The van der Waals surface area contributed by atoms with E-state index in [-0.39, 0.29) is 18.5 Å². The van der Waals surface area contributed by atoms with E-state index >= 15 is 0 Å². The maximum Gasteiger partial charge on any atom is 0.318 e. The van der Waals surface area contributed by atoms with Gasteiger partial charge in [0.15, 0.2) is 0 Å². The largest absolute Gasteiger partial charge is 0.481 e. The third kappa shape index (κ3) is 3.23. The lowest BCUT2D eigenvalue weighted by Crippen LogP contribution is -2.28. The monoisotopic (exact) mass is 248 g/mol. The van der Waals surface area contributed by atoms with Gasteiger partial charge in [-0.1, -0.05) is 30.3 Å². The van der Waals surface area contributed by atoms with E-state index < -0.39 is 5.97 Å². The number of carboxylic acids is 1. The van der Waals surface area contributed by atoms with Crippen molar-refractivity contribution in [3.8, 4) is 0 Å². The summed E-state index contributed by atoms with van der Waals surface area (Å²) in [6.45, 7) is 1.14. The van der Waals surface area contributed by atoms with Crippen LogP contribution >= 0.6 is 0 Å². The van der Waals surface area contributed by atoms with E-state index in [1.807, 2.05) is 30.3 Å². The molecule has 2 N–H and O–H groups in total. The van der Waals surface area contributed by atoms with Crippen molar-refractivity contribution < 1.29 is 14.7 Å². The number of nitrogens with zero attached hydrogens (tertiary/aromatic N) is 1. The fraction of sp³-hybridized carbons (Fsp3) is 0.385. The van der Waals surface area contributed by atoms with Crippen molar-refractivity contribution in [2.45, 2.75) is 25.4 Å². The first kappa shape index (κ1) is 12.4. The van der Waals surface area contributed by atoms with Crippen LogP contribution in [0.1, 0.15) is 18.4 Å². The van der Waals surface area contributed by atoms with Crippen LogP contribution in [0.25, 0.3) is 0 Å². The quantitative estimate of drug-likeness (QED) is 0.828. The fourth-order valence-corrected chi connectivity index (χ4v) is 2.06. The average Bonchev–Trinajstić information content (AvgIpc) is 2.69. The molecule has 0 aromatic heterocycles. The van der Waals surface area contributed by atoms with Crippen molar-refractivity contribution in [3.63, 3.8) is 0 Å². The minimum atomic E-state index is -0.828. The van der Waals surface area contributed by atoms with Crippen LogP contribution < -0.4 is 5.32 Å². The molecular formula is C13H16N2O3. The minimum absolute atomic E-state index is 0.0580. The van der Waals surface area contributed by atoms with E-state index in [0.717, 1.165) is 5.56 Å². The number of rotatable bonds is 5. The highest BCUT2D eigenvalue weighted by molar-refractivity contribution is 5.77. The predicted molar refractivity (Wildman–Crippen MR) is 66.0 cm³/mol. The zero-order chi connectivity index (χ0) is 13.0. The second-order valence-electron chi connectivity index (χ2n) is 4.44. The van der Waals surface area contributed by atoms with Gasteiger partial charge in [0.2, 0.25) is 0 Å². The van der Waals surface area contributed by atoms with Gasteiger partial charge in [0.25, 0.3) is 0 Å². The van der Waals surface area contributed by atoms with Crippen LogP contribution in [0.5, 0.6) is 0 Å². The van der Waals surface area contributed by atoms with Crippen molar-refractivity contribution in [1.29, 1.82) is 0 Å². The number of hydrogen-bond donors (Lipinski definition) is 2. The first-order chi connectivity index (χ1) is 8.65. The van der Waals surface area contributed by atoms with Gasteiger partial charge in [-0.25, -0.2) is 4.79 Å². The summed E-state index contributed by atoms with van der Waals surface area (Å²) >= 11 is 0. The van der Waals surface area contributed by atoms with Gasteiger partial charge in [-0.05, 0) is 12.0 Å². The minimum Gasteiger partial charge on any atom is -0.481 e. The van der Waals surface area contributed by atoms with E-state index in [0.29, 0.717) is 19.5 Å². The molecule has 0 radical (unpaired) electrons. The van der Waals surface area contributed by atoms with Gasteiger partial charge >= 0.3 is 12.0 Å². The first-order valence-corrected chi connectivity index (χ1v) is 5.96. The molecule has 0 aliphatic carbocycles. The van der Waals surface area contributed by atoms with E-state index in [1.165, 1.54) is 0 Å². The lowest BCUT2D eigenvalue weighted by Gasteiger charge is -2.14. The SMILES string of the molecule is O=C(O)CCC1CN(Cc2ccccc2)C(=O)N1. The molecule has 1 aliphatic rings. The molecule has 0 spiro atoms. The molecule has 1 aromatic carbocycles. The topological polar surface area (TPSA) is 69.6 Å². The maximum atomic E-state index is 11.7. The van der Waals surface area contributed by atoms with E-state index in [9.17, 15) is 9.59 Å². The number of urea groups is 1. The number of carbonyl (C=O) groups excluding carboxylic acids is 1. The molecule has 1 fully saturated rings. The van der Waals surface area contributed by atoms with Gasteiger partial charge in [-0.2, -0.15) is 0 Å². The van der Waals surface area contributed by atoms with Crippen molar-refractivity contribution in [3.05, 3.63) is 35.9 Å². The lowest BCUT2D eigenvalue weighted by atomic mass is 10.1. The zero-order valence-corrected chi connectivity index (χ0v) is 10.0. The lowest BCUT2D eigenvalue weighted by molar-refractivity contribution is -0.137. The Balaban J connectivity index is 1.87. The highest BCUT2D eigenvalue weighted by Gasteiger charge is 2.28. The van der Waals surface area contributed by atoms with Gasteiger partial charge in [-0.3, -0.25) is 4.79 Å². The molecule has 1 aromatic rings. The van der Waals surface area contributed by atoms with E-state index in [2.05, 4.69) is 5.32 Å². The van der Waals surface area contributed by atoms with Crippen LogP contribution in [0.4, 0.5) is 4.79 Å². The second kappa shape index (κ2) is 5.53. The predicted octanol–water partition coefficient (Wildman–Crippen LogP) is 1.45. The molecule has 2 rings (SSSR count). The number of aliphatic carboxylic acids is 1. The Kier molecular flexibility index (Phi) is 3.82. The molecular weight excluding hydrogens is 232 g/mol. The Morgan fingerprint density at radius 1 is 1.39 bits per heavy atom. The number of hydrogen-bond acceptors (Lipinski definition) is 2. The number of amides is 2. The second-order valence-corrected chi connectivity index (χ2v) is 4.44. The van der Waals surface area contributed by atoms with E-state index in [4.69, 9.17) is 5.11 Å². The number of benzene rings is 1. The van der Waals surface area contributed by atoms with Crippen LogP contribution in [0.2, 0.25) is 0 Å². The molecule has 18 heavy (non-hydrogen) atoms. The average molecular weight is 248 g/mol. The standard InChI is InChI=1S/C13H16N2O3/c16-12(17)7-6-11-9-15(13(18)14-11)8-10-4-2-1-3-5-10/h1-5,11H,6-9H2,(H,14,18)(H,16,17). The summed E-state index contributed by atoms with van der Waals surface area (Å²) in [5, 5.41) is 11.4. The Morgan fingerprint density at radius 3 is 2.78 bits per heavy atom. The van der Waals surface area contributed by atoms with Crippen LogP contribution in [0.15, 0.2) is 30.3 Å². The highest BCUT2D eigenvalue weighted by Crippen LogP contribution is 2.13. The van der Waals surface area contributed by atoms with Gasteiger partial charge < -0.3 is 15.3 Å². The van der Waals surface area contributed by atoms with Gasteiger partial charge in [0, 0.05) is 25.6 Å². The van der Waals surface area contributed by atoms with Crippen LogP contribution in [0.3, 0.4) is 0 Å². The highest BCUT2D eigenvalue weighted by atomic mass is 16.4. The molecule has 5 nitrogen and oxygen atoms in total. The smallest absolute Gasteiger partial charge is 0.318 e. The normalized spacial score (nSPS) is 18.8. The third-order valence-electron chi connectivity index (χ3n) is 2.98. The van der Waals surface area contributed by atoms with Crippen molar-refractivity contribution in [2.75, 3.05) is 6.54 Å². The summed E-state index contributed by atoms with van der Waals surface area (Å²) in [6, 6.07) is 9.57. The number of nitrogens with one attached hydrogen (secondary N) is 1. The van der Waals surface area contributed by atoms with Gasteiger partial charge in [0.1, 0.15) is 0 Å². The molecule has 2 amide bonds. The molecule has 1 heterocycles. The summed E-state index contributed by atoms with van der Waals surface area (Å²) in [6.07, 6.45) is 0.566. The summed E-state index contributed by atoms with van der Waals surface area (Å²) < 4.78 is 0. The Labute approximate surface area is 105 Å². The van der Waals surface area contributed by atoms with Crippen LogP contribution in [-0.4, -0.2) is 34.6 Å². The molecule has 1 aliphatic heterocycles. The Morgan fingerprint density at radius 2 is 2.11 bits per heavy atom. The van der Waals surface area contributed by atoms with Crippen LogP contribution in [-0.2, 0) is 11.3 Å². The molecule has 1 unspecified atom stereocenters. The van der Waals surface area contributed by atoms with Crippen molar-refractivity contribution in [1.82, 2.24) is 10.2 Å². The van der Waals surface area contributed by atoms with E-state index in [1.54, 1.807) is 4.90 Å². The van der Waals surface area contributed by atoms with Crippen molar-refractivity contribution in [2.24, 2.45) is 0 Å². The Hall–Kier alpha value is -2.04. The molecule has 1 atom stereocenters. The molecule has 5 heteroatoms. The summed E-state index contributed by atoms with van der Waals surface area (Å²) in [5.41, 5.74) is 1.08. The Bertz CT molecular complexity index is 433. The maximum absolute atomic E-state index is 11.7. The number of carboxylic acid groups (broad SMARTS) is 1. The van der Waals surface area contributed by atoms with Crippen molar-refractivity contribution >= 4 is 12.0 Å². The third-order valence-corrected chi connectivity index (χ3v) is 2.98. The fourth-order valence-electron chi connectivity index (χ4n) is 2.06. The number of carbonyl (C=O) groups is 2. The summed E-state index contributed by atoms with van der Waals surface area (Å²) in [4.78, 5) is 23.9. The molecule has 1 saturated heterocycles. The summed E-state index contributed by atoms with van der Waals surface area (Å²) in [5.74, 6) is -0.828. The molecule has 96 valence electrons. The summed E-state index contributed by atoms with van der Waals surface area (Å²) in [7, 11) is 0. The zero-order valence-electron chi connectivity index (χ0n) is 10.0. The van der Waals surface area contributed by atoms with Gasteiger partial charge in [0.05, 0.1) is 0 Å².